The molecule has 0 spiro atoms. The number of nitrogens with one attached hydrogen (secondary N) is 1. The van der Waals surface area contributed by atoms with Gasteiger partial charge in [-0.1, -0.05) is 57.2 Å². The molecule has 1 heterocycles. The van der Waals surface area contributed by atoms with Gasteiger partial charge >= 0.3 is 5.97 Å². The quantitative estimate of drug-likeness (QED) is 0.286. The van der Waals surface area contributed by atoms with Crippen LogP contribution in [-0.2, 0) is 6.54 Å². The number of carboxylic acid groups (broad SMARTS) is 1. The minimum atomic E-state index is -1.22. The molecule has 0 aliphatic rings. The molecule has 35 heavy (non-hydrogen) atoms. The first kappa shape index (κ1) is 26.2. The van der Waals surface area contributed by atoms with Gasteiger partial charge in [-0.3, -0.25) is 0 Å². The number of carbonyl (C=O) groups is 1. The van der Waals surface area contributed by atoms with Gasteiger partial charge in [0.2, 0.25) is 0 Å². The van der Waals surface area contributed by atoms with Crippen molar-refractivity contribution in [3.8, 4) is 28.4 Å². The fraction of sp³-hybridized carbons (Fsp3) is 0.423. The zero-order chi connectivity index (χ0) is 25.5. The highest BCUT2D eigenvalue weighted by Gasteiger charge is 2.24. The Morgan fingerprint density at radius 2 is 1.77 bits per heavy atom. The van der Waals surface area contributed by atoms with Crippen LogP contribution in [0.3, 0.4) is 0 Å². The fourth-order valence-electron chi connectivity index (χ4n) is 4.05. The van der Waals surface area contributed by atoms with Gasteiger partial charge in [-0.2, -0.15) is 0 Å². The molecule has 0 atom stereocenters. The van der Waals surface area contributed by atoms with Crippen molar-refractivity contribution in [3.05, 3.63) is 53.2 Å². The fourth-order valence-corrected chi connectivity index (χ4v) is 4.05. The summed E-state index contributed by atoms with van der Waals surface area (Å²) in [7, 11) is 0. The van der Waals surface area contributed by atoms with E-state index >= 15 is 0 Å². The SMILES string of the molecule is CCN(CC)CCCNCc1ccc(-c2c(C(=O)O)nnn2-c2cc(C(C)C)c(O)cc2O)cc1. The van der Waals surface area contributed by atoms with Crippen LogP contribution in [0.25, 0.3) is 16.9 Å². The summed E-state index contributed by atoms with van der Waals surface area (Å²) in [6.07, 6.45) is 1.07. The first-order valence-electron chi connectivity index (χ1n) is 12.0. The molecule has 0 aliphatic heterocycles. The Labute approximate surface area is 206 Å². The van der Waals surface area contributed by atoms with Crippen molar-refractivity contribution in [3.63, 3.8) is 0 Å². The molecule has 9 heteroatoms. The molecular weight excluding hydrogens is 446 g/mol. The molecule has 2 aromatic carbocycles. The van der Waals surface area contributed by atoms with E-state index < -0.39 is 5.97 Å². The Bertz CT molecular complexity index is 1140. The highest BCUT2D eigenvalue weighted by Crippen LogP contribution is 2.36. The van der Waals surface area contributed by atoms with E-state index in [0.29, 0.717) is 17.7 Å². The van der Waals surface area contributed by atoms with E-state index in [0.717, 1.165) is 38.2 Å². The Morgan fingerprint density at radius 3 is 2.37 bits per heavy atom. The molecule has 0 radical (unpaired) electrons. The summed E-state index contributed by atoms with van der Waals surface area (Å²) in [5, 5.41) is 41.7. The van der Waals surface area contributed by atoms with Crippen molar-refractivity contribution in [1.82, 2.24) is 25.2 Å². The molecule has 9 nitrogen and oxygen atoms in total. The molecule has 0 saturated heterocycles. The topological polar surface area (TPSA) is 124 Å². The minimum Gasteiger partial charge on any atom is -0.508 e. The number of aromatic carboxylic acids is 1. The number of nitrogens with zero attached hydrogens (tertiary/aromatic N) is 4. The highest BCUT2D eigenvalue weighted by molar-refractivity contribution is 5.93. The number of hydrogen-bond donors (Lipinski definition) is 4. The van der Waals surface area contributed by atoms with Crippen molar-refractivity contribution in [2.24, 2.45) is 0 Å². The van der Waals surface area contributed by atoms with Crippen molar-refractivity contribution in [2.75, 3.05) is 26.2 Å². The molecule has 3 rings (SSSR count). The van der Waals surface area contributed by atoms with E-state index in [1.807, 2.05) is 38.1 Å². The Kier molecular flexibility index (Phi) is 8.84. The van der Waals surface area contributed by atoms with Crippen LogP contribution in [0.15, 0.2) is 36.4 Å². The van der Waals surface area contributed by atoms with Gasteiger partial charge < -0.3 is 25.5 Å². The molecule has 3 aromatic rings. The van der Waals surface area contributed by atoms with Crippen LogP contribution < -0.4 is 5.32 Å². The monoisotopic (exact) mass is 481 g/mol. The molecule has 0 saturated carbocycles. The third kappa shape index (κ3) is 6.17. The molecular formula is C26H35N5O4. The minimum absolute atomic E-state index is 0.0148. The van der Waals surface area contributed by atoms with Crippen LogP contribution in [0.5, 0.6) is 11.5 Å². The molecule has 0 bridgehead atoms. The maximum Gasteiger partial charge on any atom is 0.358 e. The zero-order valence-corrected chi connectivity index (χ0v) is 20.8. The normalized spacial score (nSPS) is 11.5. The van der Waals surface area contributed by atoms with Crippen molar-refractivity contribution in [2.45, 2.75) is 46.6 Å². The Morgan fingerprint density at radius 1 is 1.09 bits per heavy atom. The maximum absolute atomic E-state index is 11.9. The first-order valence-corrected chi connectivity index (χ1v) is 12.0. The van der Waals surface area contributed by atoms with Gasteiger partial charge in [0.1, 0.15) is 22.9 Å². The molecule has 0 aliphatic carbocycles. The van der Waals surface area contributed by atoms with Crippen LogP contribution in [0, 0.1) is 0 Å². The maximum atomic E-state index is 11.9. The van der Waals surface area contributed by atoms with Crippen LogP contribution in [0.1, 0.15) is 61.6 Å². The van der Waals surface area contributed by atoms with Gasteiger partial charge in [0.25, 0.3) is 0 Å². The number of hydrogen-bond acceptors (Lipinski definition) is 7. The van der Waals surface area contributed by atoms with E-state index in [-0.39, 0.29) is 34.5 Å². The molecule has 188 valence electrons. The average molecular weight is 482 g/mol. The third-order valence-corrected chi connectivity index (χ3v) is 6.13. The van der Waals surface area contributed by atoms with Crippen LogP contribution >= 0.6 is 0 Å². The lowest BCUT2D eigenvalue weighted by Gasteiger charge is -2.17. The van der Waals surface area contributed by atoms with E-state index in [2.05, 4.69) is 34.4 Å². The summed E-state index contributed by atoms with van der Waals surface area (Å²) in [4.78, 5) is 14.3. The number of carboxylic acids is 1. The van der Waals surface area contributed by atoms with Crippen molar-refractivity contribution < 1.29 is 20.1 Å². The summed E-state index contributed by atoms with van der Waals surface area (Å²) in [6, 6.07) is 10.4. The first-order chi connectivity index (χ1) is 16.8. The van der Waals surface area contributed by atoms with Gasteiger partial charge in [-0.25, -0.2) is 9.48 Å². The predicted molar refractivity (Wildman–Crippen MR) is 135 cm³/mol. The lowest BCUT2D eigenvalue weighted by molar-refractivity contribution is 0.0691. The molecule has 4 N–H and O–H groups in total. The van der Waals surface area contributed by atoms with Crippen LogP contribution in [-0.4, -0.2) is 67.4 Å². The highest BCUT2D eigenvalue weighted by atomic mass is 16.4. The van der Waals surface area contributed by atoms with E-state index in [1.54, 1.807) is 6.07 Å². The second-order valence-corrected chi connectivity index (χ2v) is 8.81. The van der Waals surface area contributed by atoms with Gasteiger partial charge in [-0.15, -0.1) is 5.10 Å². The summed E-state index contributed by atoms with van der Waals surface area (Å²) in [6.45, 7) is 13.0. The molecule has 0 unspecified atom stereocenters. The Hall–Kier alpha value is -3.43. The van der Waals surface area contributed by atoms with E-state index in [1.165, 1.54) is 10.7 Å². The largest absolute Gasteiger partial charge is 0.508 e. The lowest BCUT2D eigenvalue weighted by Crippen LogP contribution is -2.27. The van der Waals surface area contributed by atoms with Gasteiger partial charge in [-0.05, 0) is 55.7 Å². The van der Waals surface area contributed by atoms with Crippen LogP contribution in [0.2, 0.25) is 0 Å². The number of aromatic hydroxyl groups is 2. The summed E-state index contributed by atoms with van der Waals surface area (Å²) < 4.78 is 1.31. The van der Waals surface area contributed by atoms with Crippen molar-refractivity contribution >= 4 is 5.97 Å². The summed E-state index contributed by atoms with van der Waals surface area (Å²) in [5.74, 6) is -1.48. The second-order valence-electron chi connectivity index (χ2n) is 8.81. The molecule has 0 fully saturated rings. The number of rotatable bonds is 12. The second kappa shape index (κ2) is 11.8. The van der Waals surface area contributed by atoms with E-state index in [9.17, 15) is 20.1 Å². The molecule has 1 aromatic heterocycles. The number of phenols is 2. The lowest BCUT2D eigenvalue weighted by atomic mass is 10.0. The van der Waals surface area contributed by atoms with Crippen molar-refractivity contribution in [1.29, 1.82) is 0 Å². The van der Waals surface area contributed by atoms with E-state index in [4.69, 9.17) is 0 Å². The van der Waals surface area contributed by atoms with Gasteiger partial charge in [0.05, 0.1) is 0 Å². The van der Waals surface area contributed by atoms with Gasteiger partial charge in [0.15, 0.2) is 5.69 Å². The standard InChI is InChI=1S/C26H35N5O4/c1-5-30(6-2)13-7-12-27-16-18-8-10-19(11-9-18)25-24(26(34)35)28-29-31(25)21-14-20(17(3)4)22(32)15-23(21)33/h8-11,14-15,17,27,32-33H,5-7,12-13,16H2,1-4H3,(H,34,35). The summed E-state index contributed by atoms with van der Waals surface area (Å²) in [5.41, 5.74) is 2.58. The third-order valence-electron chi connectivity index (χ3n) is 6.13. The summed E-state index contributed by atoms with van der Waals surface area (Å²) >= 11 is 0. The number of benzene rings is 2. The van der Waals surface area contributed by atoms with Gasteiger partial charge in [0, 0.05) is 18.2 Å². The molecule has 0 amide bonds. The number of aromatic nitrogens is 3. The zero-order valence-electron chi connectivity index (χ0n) is 20.8. The van der Waals surface area contributed by atoms with Crippen LogP contribution in [0.4, 0.5) is 0 Å². The number of phenolic OH excluding ortho intramolecular Hbond substituents is 2. The Balaban J connectivity index is 1.83. The average Bonchev–Trinajstić information content (AvgIpc) is 3.27. The predicted octanol–water partition coefficient (Wildman–Crippen LogP) is 3.99. The smallest absolute Gasteiger partial charge is 0.358 e.